The molecule has 166 valence electrons. The van der Waals surface area contributed by atoms with Gasteiger partial charge in [0, 0.05) is 17.0 Å². The lowest BCUT2D eigenvalue weighted by Crippen LogP contribution is -2.02. The van der Waals surface area contributed by atoms with Crippen molar-refractivity contribution in [2.45, 2.75) is 27.4 Å². The van der Waals surface area contributed by atoms with Crippen LogP contribution < -0.4 is 9.47 Å². The number of methoxy groups -OCH3 is 1. The van der Waals surface area contributed by atoms with Crippen LogP contribution in [0.4, 0.5) is 0 Å². The number of fused-ring (bicyclic) bond motifs is 1. The number of hydrogen-bond donors (Lipinski definition) is 0. The molecule has 33 heavy (non-hydrogen) atoms. The minimum Gasteiger partial charge on any atom is -0.497 e. The normalized spacial score (nSPS) is 11.2. The fourth-order valence-electron chi connectivity index (χ4n) is 3.86. The van der Waals surface area contributed by atoms with Gasteiger partial charge in [-0.05, 0) is 62.7 Å². The Kier molecular flexibility index (Phi) is 5.30. The molecule has 0 atom stereocenters. The fraction of sp³-hybridized carbons (Fsp3) is 0.192. The van der Waals surface area contributed by atoms with Gasteiger partial charge in [-0.1, -0.05) is 18.2 Å². The molecule has 3 heterocycles. The van der Waals surface area contributed by atoms with Crippen LogP contribution in [0.15, 0.2) is 65.1 Å². The van der Waals surface area contributed by atoms with Gasteiger partial charge in [0.25, 0.3) is 0 Å². The maximum Gasteiger partial charge on any atom is 0.226 e. The second kappa shape index (κ2) is 8.43. The first-order chi connectivity index (χ1) is 16.0. The highest BCUT2D eigenvalue weighted by atomic mass is 16.5. The van der Waals surface area contributed by atoms with Gasteiger partial charge in [-0.15, -0.1) is 0 Å². The molecule has 3 aromatic heterocycles. The van der Waals surface area contributed by atoms with Gasteiger partial charge < -0.3 is 13.9 Å². The van der Waals surface area contributed by atoms with Crippen molar-refractivity contribution in [3.8, 4) is 28.8 Å². The standard InChI is InChI=1S/C26H24N4O3/c1-16-14-23(28-25-24(16)17(2)29-30(25)20-8-6-5-7-9-20)32-15-22-18(3)33-26(27-22)19-10-12-21(31-4)13-11-19/h5-14H,15H2,1-4H3. The number of oxazole rings is 1. The van der Waals surface area contributed by atoms with Gasteiger partial charge >= 0.3 is 0 Å². The minimum absolute atomic E-state index is 0.252. The molecule has 0 aliphatic carbocycles. The Morgan fingerprint density at radius 1 is 0.939 bits per heavy atom. The van der Waals surface area contributed by atoms with Crippen molar-refractivity contribution in [1.82, 2.24) is 19.7 Å². The van der Waals surface area contributed by atoms with E-state index in [1.54, 1.807) is 7.11 Å². The molecule has 0 amide bonds. The molecule has 2 aromatic carbocycles. The van der Waals surface area contributed by atoms with Crippen molar-refractivity contribution in [2.24, 2.45) is 0 Å². The lowest BCUT2D eigenvalue weighted by Gasteiger charge is -2.07. The van der Waals surface area contributed by atoms with Gasteiger partial charge in [0.2, 0.25) is 11.8 Å². The van der Waals surface area contributed by atoms with Crippen LogP contribution in [0, 0.1) is 20.8 Å². The van der Waals surface area contributed by atoms with Crippen LogP contribution in [0.1, 0.15) is 22.7 Å². The molecule has 5 aromatic rings. The first-order valence-electron chi connectivity index (χ1n) is 10.7. The SMILES string of the molecule is COc1ccc(-c2nc(COc3cc(C)c4c(C)nn(-c5ccccc5)c4n3)c(C)o2)cc1. The lowest BCUT2D eigenvalue weighted by molar-refractivity contribution is 0.288. The zero-order chi connectivity index (χ0) is 22.9. The van der Waals surface area contributed by atoms with Crippen molar-refractivity contribution < 1.29 is 13.9 Å². The second-order valence-corrected chi connectivity index (χ2v) is 7.85. The van der Waals surface area contributed by atoms with Gasteiger partial charge in [-0.3, -0.25) is 0 Å². The van der Waals surface area contributed by atoms with E-state index < -0.39 is 0 Å². The zero-order valence-electron chi connectivity index (χ0n) is 19.0. The Balaban J connectivity index is 1.42. The number of aryl methyl sites for hydroxylation is 3. The highest BCUT2D eigenvalue weighted by Crippen LogP contribution is 2.28. The Morgan fingerprint density at radius 3 is 2.42 bits per heavy atom. The Morgan fingerprint density at radius 2 is 1.70 bits per heavy atom. The van der Waals surface area contributed by atoms with Crippen LogP contribution in [-0.2, 0) is 6.61 Å². The van der Waals surface area contributed by atoms with Gasteiger partial charge in [0.1, 0.15) is 23.8 Å². The van der Waals surface area contributed by atoms with E-state index in [2.05, 4.69) is 4.98 Å². The smallest absolute Gasteiger partial charge is 0.226 e. The van der Waals surface area contributed by atoms with Crippen LogP contribution >= 0.6 is 0 Å². The topological polar surface area (TPSA) is 75.2 Å². The molecule has 0 saturated carbocycles. The van der Waals surface area contributed by atoms with E-state index >= 15 is 0 Å². The van der Waals surface area contributed by atoms with Crippen molar-refractivity contribution in [3.05, 3.63) is 83.4 Å². The molecule has 7 heteroatoms. The molecule has 0 aliphatic heterocycles. The molecule has 7 nitrogen and oxygen atoms in total. The highest BCUT2D eigenvalue weighted by molar-refractivity contribution is 5.83. The number of para-hydroxylation sites is 1. The number of aromatic nitrogens is 4. The molecule has 0 N–H and O–H groups in total. The maximum atomic E-state index is 6.05. The van der Waals surface area contributed by atoms with E-state index in [9.17, 15) is 0 Å². The Labute approximate surface area is 191 Å². The Bertz CT molecular complexity index is 1420. The Hall–Kier alpha value is -4.13. The highest BCUT2D eigenvalue weighted by Gasteiger charge is 2.16. The summed E-state index contributed by atoms with van der Waals surface area (Å²) in [6.45, 7) is 6.18. The zero-order valence-corrected chi connectivity index (χ0v) is 19.0. The second-order valence-electron chi connectivity index (χ2n) is 7.85. The summed E-state index contributed by atoms with van der Waals surface area (Å²) >= 11 is 0. The monoisotopic (exact) mass is 440 g/mol. The van der Waals surface area contributed by atoms with Crippen LogP contribution in [0.2, 0.25) is 0 Å². The number of benzene rings is 2. The predicted molar refractivity (Wildman–Crippen MR) is 126 cm³/mol. The number of pyridine rings is 1. The number of ether oxygens (including phenoxy) is 2. The summed E-state index contributed by atoms with van der Waals surface area (Å²) in [7, 11) is 1.64. The van der Waals surface area contributed by atoms with Crippen molar-refractivity contribution in [2.75, 3.05) is 7.11 Å². The van der Waals surface area contributed by atoms with E-state index in [1.165, 1.54) is 0 Å². The molecule has 0 spiro atoms. The van der Waals surface area contributed by atoms with Crippen LogP contribution in [0.25, 0.3) is 28.2 Å². The molecule has 0 unspecified atom stereocenters. The third-order valence-electron chi connectivity index (χ3n) is 5.57. The summed E-state index contributed by atoms with van der Waals surface area (Å²) in [5.41, 5.74) is 5.32. The van der Waals surface area contributed by atoms with Crippen LogP contribution in [0.5, 0.6) is 11.6 Å². The summed E-state index contributed by atoms with van der Waals surface area (Å²) in [4.78, 5) is 9.39. The molecule has 0 saturated heterocycles. The molecular formula is C26H24N4O3. The molecule has 0 radical (unpaired) electrons. The summed E-state index contributed by atoms with van der Waals surface area (Å²) < 4.78 is 19.0. The summed E-state index contributed by atoms with van der Waals surface area (Å²) in [5.74, 6) is 2.56. The van der Waals surface area contributed by atoms with E-state index in [0.29, 0.717) is 17.5 Å². The summed E-state index contributed by atoms with van der Waals surface area (Å²) in [6, 6.07) is 19.5. The average molecular weight is 441 g/mol. The largest absolute Gasteiger partial charge is 0.497 e. The van der Waals surface area contributed by atoms with Crippen molar-refractivity contribution >= 4 is 11.0 Å². The summed E-state index contributed by atoms with van der Waals surface area (Å²) in [5, 5.41) is 5.74. The first-order valence-corrected chi connectivity index (χ1v) is 10.7. The maximum absolute atomic E-state index is 6.05. The van der Waals surface area contributed by atoms with Gasteiger partial charge in [-0.2, -0.15) is 10.1 Å². The molecule has 0 aliphatic rings. The number of rotatable bonds is 6. The van der Waals surface area contributed by atoms with Crippen LogP contribution in [-0.4, -0.2) is 26.9 Å². The van der Waals surface area contributed by atoms with E-state index in [-0.39, 0.29) is 6.61 Å². The van der Waals surface area contributed by atoms with E-state index in [1.807, 2.05) is 86.1 Å². The van der Waals surface area contributed by atoms with E-state index in [0.717, 1.165) is 45.0 Å². The molecule has 0 fully saturated rings. The van der Waals surface area contributed by atoms with Crippen molar-refractivity contribution in [1.29, 1.82) is 0 Å². The molecular weight excluding hydrogens is 416 g/mol. The average Bonchev–Trinajstić information content (AvgIpc) is 3.38. The third kappa shape index (κ3) is 3.93. The minimum atomic E-state index is 0.252. The molecule has 5 rings (SSSR count). The number of nitrogens with zero attached hydrogens (tertiary/aromatic N) is 4. The van der Waals surface area contributed by atoms with Crippen LogP contribution in [0.3, 0.4) is 0 Å². The fourth-order valence-corrected chi connectivity index (χ4v) is 3.86. The number of hydrogen-bond acceptors (Lipinski definition) is 6. The lowest BCUT2D eigenvalue weighted by atomic mass is 10.2. The predicted octanol–water partition coefficient (Wildman–Crippen LogP) is 5.59. The van der Waals surface area contributed by atoms with Gasteiger partial charge in [-0.25, -0.2) is 9.67 Å². The van der Waals surface area contributed by atoms with Crippen molar-refractivity contribution in [3.63, 3.8) is 0 Å². The van der Waals surface area contributed by atoms with Gasteiger partial charge in [0.15, 0.2) is 5.65 Å². The first kappa shape index (κ1) is 20.8. The molecule has 0 bridgehead atoms. The van der Waals surface area contributed by atoms with E-state index in [4.69, 9.17) is 24.0 Å². The van der Waals surface area contributed by atoms with Gasteiger partial charge in [0.05, 0.1) is 18.5 Å². The third-order valence-corrected chi connectivity index (χ3v) is 5.57. The summed E-state index contributed by atoms with van der Waals surface area (Å²) in [6.07, 6.45) is 0. The quantitative estimate of drug-likeness (QED) is 0.343.